The van der Waals surface area contributed by atoms with Gasteiger partial charge in [-0.1, -0.05) is 13.8 Å². The Balaban J connectivity index is 1.94. The minimum Gasteiger partial charge on any atom is -0.480 e. The van der Waals surface area contributed by atoms with E-state index >= 15 is 0 Å². The summed E-state index contributed by atoms with van der Waals surface area (Å²) >= 11 is 0. The Morgan fingerprint density at radius 2 is 1.76 bits per heavy atom. The third kappa shape index (κ3) is 3.35. The summed E-state index contributed by atoms with van der Waals surface area (Å²) in [4.78, 5) is 24.5. The molecule has 0 aromatic heterocycles. The molecule has 1 aromatic carbocycles. The highest BCUT2D eigenvalue weighted by molar-refractivity contribution is 5.96. The normalized spacial score (nSPS) is 16.2. The van der Waals surface area contributed by atoms with Crippen LogP contribution in [0.4, 0.5) is 5.69 Å². The summed E-state index contributed by atoms with van der Waals surface area (Å²) in [5.74, 6) is -1.40. The fourth-order valence-corrected chi connectivity index (χ4v) is 2.72. The van der Waals surface area contributed by atoms with Crippen LogP contribution in [0.1, 0.15) is 37.0 Å². The van der Waals surface area contributed by atoms with Gasteiger partial charge in [-0.05, 0) is 37.1 Å². The van der Waals surface area contributed by atoms with Gasteiger partial charge in [0.25, 0.3) is 5.91 Å². The van der Waals surface area contributed by atoms with Gasteiger partial charge in [0, 0.05) is 29.8 Å². The number of carbonyl (C=O) groups excluding carboxylic acids is 1. The molecule has 1 aliphatic rings. The van der Waals surface area contributed by atoms with E-state index in [1.54, 1.807) is 12.1 Å². The van der Waals surface area contributed by atoms with Crippen LogP contribution in [-0.2, 0) is 4.79 Å². The van der Waals surface area contributed by atoms with Crippen LogP contribution < -0.4 is 10.2 Å². The summed E-state index contributed by atoms with van der Waals surface area (Å²) in [6, 6.07) is 7.32. The number of nitrogens with zero attached hydrogens (tertiary/aromatic N) is 1. The summed E-state index contributed by atoms with van der Waals surface area (Å²) < 4.78 is 0. The lowest BCUT2D eigenvalue weighted by molar-refractivity contribution is -0.135. The average Bonchev–Trinajstić information content (AvgIpc) is 2.45. The van der Waals surface area contributed by atoms with Gasteiger partial charge in [-0.15, -0.1) is 0 Å². The number of rotatable bonds is 6. The van der Waals surface area contributed by atoms with E-state index in [4.69, 9.17) is 5.11 Å². The molecular formula is C16H22N2O3. The maximum Gasteiger partial charge on any atom is 0.322 e. The van der Waals surface area contributed by atoms with Gasteiger partial charge in [0.05, 0.1) is 0 Å². The predicted octanol–water partition coefficient (Wildman–Crippen LogP) is 2.13. The number of hydrogen-bond donors (Lipinski definition) is 2. The maximum absolute atomic E-state index is 11.7. The SMILES string of the molecule is CCC1(CC)CN(c2ccc(C(=O)NCC(=O)O)cc2)C1. The highest BCUT2D eigenvalue weighted by Gasteiger charge is 2.39. The van der Waals surface area contributed by atoms with E-state index in [0.29, 0.717) is 11.0 Å². The van der Waals surface area contributed by atoms with Gasteiger partial charge < -0.3 is 15.3 Å². The molecule has 1 aliphatic heterocycles. The first kappa shape index (κ1) is 15.4. The Labute approximate surface area is 125 Å². The first-order valence-corrected chi connectivity index (χ1v) is 7.34. The van der Waals surface area contributed by atoms with E-state index < -0.39 is 5.97 Å². The van der Waals surface area contributed by atoms with Crippen molar-refractivity contribution in [3.05, 3.63) is 29.8 Å². The van der Waals surface area contributed by atoms with Crippen molar-refractivity contribution in [3.8, 4) is 0 Å². The molecule has 0 aliphatic carbocycles. The van der Waals surface area contributed by atoms with E-state index in [0.717, 1.165) is 18.8 Å². The molecule has 1 amide bonds. The zero-order valence-corrected chi connectivity index (χ0v) is 12.6. The van der Waals surface area contributed by atoms with Crippen LogP contribution in [0.3, 0.4) is 0 Å². The maximum atomic E-state index is 11.7. The molecule has 1 heterocycles. The quantitative estimate of drug-likeness (QED) is 0.842. The van der Waals surface area contributed by atoms with Gasteiger partial charge in [0.15, 0.2) is 0 Å². The Bertz CT molecular complexity index is 513. The van der Waals surface area contributed by atoms with Crippen molar-refractivity contribution in [1.29, 1.82) is 0 Å². The van der Waals surface area contributed by atoms with E-state index in [2.05, 4.69) is 24.1 Å². The topological polar surface area (TPSA) is 69.6 Å². The van der Waals surface area contributed by atoms with Crippen molar-refractivity contribution in [1.82, 2.24) is 5.32 Å². The summed E-state index contributed by atoms with van der Waals surface area (Å²) in [6.07, 6.45) is 2.38. The van der Waals surface area contributed by atoms with E-state index in [1.165, 1.54) is 12.8 Å². The molecule has 5 nitrogen and oxygen atoms in total. The number of carboxylic acids is 1. The van der Waals surface area contributed by atoms with Crippen molar-refractivity contribution < 1.29 is 14.7 Å². The lowest BCUT2D eigenvalue weighted by Crippen LogP contribution is -2.55. The predicted molar refractivity (Wildman–Crippen MR) is 81.6 cm³/mol. The molecule has 0 saturated carbocycles. The smallest absolute Gasteiger partial charge is 0.322 e. The fourth-order valence-electron chi connectivity index (χ4n) is 2.72. The molecule has 5 heteroatoms. The lowest BCUT2D eigenvalue weighted by Gasteiger charge is -2.51. The zero-order valence-electron chi connectivity index (χ0n) is 12.6. The molecule has 21 heavy (non-hydrogen) atoms. The molecule has 0 spiro atoms. The standard InChI is InChI=1S/C16H22N2O3/c1-3-16(4-2)10-18(11-16)13-7-5-12(6-8-13)15(21)17-9-14(19)20/h5-8H,3-4,9-11H2,1-2H3,(H,17,21)(H,19,20). The molecule has 0 atom stereocenters. The van der Waals surface area contributed by atoms with E-state index in [-0.39, 0.29) is 12.5 Å². The second kappa shape index (κ2) is 6.16. The number of carboxylic acid groups (broad SMARTS) is 1. The van der Waals surface area contributed by atoms with Crippen molar-refractivity contribution in [3.63, 3.8) is 0 Å². The minimum absolute atomic E-state index is 0.357. The number of anilines is 1. The minimum atomic E-state index is -1.05. The van der Waals surface area contributed by atoms with E-state index in [1.807, 2.05) is 12.1 Å². The van der Waals surface area contributed by atoms with Gasteiger partial charge in [-0.25, -0.2) is 0 Å². The van der Waals surface area contributed by atoms with Crippen LogP contribution in [0.2, 0.25) is 0 Å². The first-order valence-electron chi connectivity index (χ1n) is 7.34. The molecule has 1 aromatic rings. The second-order valence-electron chi connectivity index (χ2n) is 5.69. The Hall–Kier alpha value is -2.04. The number of nitrogens with one attached hydrogen (secondary N) is 1. The van der Waals surface area contributed by atoms with Crippen LogP contribution in [0.5, 0.6) is 0 Å². The largest absolute Gasteiger partial charge is 0.480 e. The van der Waals surface area contributed by atoms with Crippen LogP contribution in [0.15, 0.2) is 24.3 Å². The molecule has 0 bridgehead atoms. The molecule has 2 N–H and O–H groups in total. The Kier molecular flexibility index (Phi) is 4.50. The molecule has 1 saturated heterocycles. The number of benzene rings is 1. The van der Waals surface area contributed by atoms with Gasteiger partial charge in [-0.3, -0.25) is 9.59 Å². The first-order chi connectivity index (χ1) is 9.99. The number of amides is 1. The highest BCUT2D eigenvalue weighted by atomic mass is 16.4. The van der Waals surface area contributed by atoms with Crippen molar-refractivity contribution in [2.75, 3.05) is 24.5 Å². The highest BCUT2D eigenvalue weighted by Crippen LogP contribution is 2.39. The van der Waals surface area contributed by atoms with Crippen molar-refractivity contribution in [2.45, 2.75) is 26.7 Å². The summed E-state index contributed by atoms with van der Waals surface area (Å²) in [7, 11) is 0. The molecular weight excluding hydrogens is 268 g/mol. The van der Waals surface area contributed by atoms with Crippen molar-refractivity contribution in [2.24, 2.45) is 5.41 Å². The summed E-state index contributed by atoms with van der Waals surface area (Å²) in [6.45, 7) is 6.23. The average molecular weight is 290 g/mol. The lowest BCUT2D eigenvalue weighted by atomic mass is 9.75. The zero-order chi connectivity index (χ0) is 15.5. The van der Waals surface area contributed by atoms with E-state index in [9.17, 15) is 9.59 Å². The number of hydrogen-bond acceptors (Lipinski definition) is 3. The third-order valence-corrected chi connectivity index (χ3v) is 4.45. The Morgan fingerprint density at radius 3 is 2.24 bits per heavy atom. The molecule has 0 radical (unpaired) electrons. The summed E-state index contributed by atoms with van der Waals surface area (Å²) in [5, 5.41) is 10.9. The Morgan fingerprint density at radius 1 is 1.19 bits per heavy atom. The van der Waals surface area contributed by atoms with Crippen LogP contribution >= 0.6 is 0 Å². The van der Waals surface area contributed by atoms with Gasteiger partial charge in [0.2, 0.25) is 0 Å². The third-order valence-electron chi connectivity index (χ3n) is 4.45. The molecule has 2 rings (SSSR count). The molecule has 114 valence electrons. The van der Waals surface area contributed by atoms with Gasteiger partial charge in [-0.2, -0.15) is 0 Å². The molecule has 1 fully saturated rings. The van der Waals surface area contributed by atoms with Crippen LogP contribution in [-0.4, -0.2) is 36.6 Å². The summed E-state index contributed by atoms with van der Waals surface area (Å²) in [5.41, 5.74) is 2.04. The van der Waals surface area contributed by atoms with Crippen LogP contribution in [0.25, 0.3) is 0 Å². The van der Waals surface area contributed by atoms with Crippen LogP contribution in [0, 0.1) is 5.41 Å². The van der Waals surface area contributed by atoms with Gasteiger partial charge in [0.1, 0.15) is 6.54 Å². The monoisotopic (exact) mass is 290 g/mol. The number of aliphatic carboxylic acids is 1. The fraction of sp³-hybridized carbons (Fsp3) is 0.500. The van der Waals surface area contributed by atoms with Gasteiger partial charge >= 0.3 is 5.97 Å². The molecule has 0 unspecified atom stereocenters. The van der Waals surface area contributed by atoms with Crippen molar-refractivity contribution >= 4 is 17.6 Å². The second-order valence-corrected chi connectivity index (χ2v) is 5.69. The number of carbonyl (C=O) groups is 2.